The molecule has 30 heavy (non-hydrogen) atoms. The van der Waals surface area contributed by atoms with Gasteiger partial charge in [0.15, 0.2) is 11.5 Å². The number of halogens is 5. The average Bonchev–Trinajstić information content (AvgIpc) is 2.98. The smallest absolute Gasteiger partial charge is 0.433 e. The molecular formula is C18H19F5N4O3. The first-order valence-corrected chi connectivity index (χ1v) is 8.73. The highest BCUT2D eigenvalue weighted by Gasteiger charge is 2.51. The van der Waals surface area contributed by atoms with E-state index in [0.717, 1.165) is 6.07 Å². The van der Waals surface area contributed by atoms with Crippen LogP contribution in [0.1, 0.15) is 38.4 Å². The minimum atomic E-state index is -4.84. The van der Waals surface area contributed by atoms with Crippen molar-refractivity contribution in [1.29, 1.82) is 5.26 Å². The van der Waals surface area contributed by atoms with Gasteiger partial charge in [0.05, 0.1) is 12.1 Å². The number of ether oxygens (including phenoxy) is 1. The van der Waals surface area contributed by atoms with Crippen molar-refractivity contribution in [2.75, 3.05) is 18.5 Å². The monoisotopic (exact) mass is 434 g/mol. The number of carbonyl (C=O) groups excluding carboxylic acids is 2. The number of nitrogens with zero attached hydrogens (tertiary/aromatic N) is 3. The summed E-state index contributed by atoms with van der Waals surface area (Å²) >= 11 is 0. The van der Waals surface area contributed by atoms with Gasteiger partial charge in [0.25, 0.3) is 0 Å². The molecule has 1 aliphatic rings. The molecule has 12 heteroatoms. The van der Waals surface area contributed by atoms with Gasteiger partial charge < -0.3 is 10.1 Å². The van der Waals surface area contributed by atoms with E-state index in [1.54, 1.807) is 6.07 Å². The van der Waals surface area contributed by atoms with Crippen molar-refractivity contribution >= 4 is 17.8 Å². The molecule has 2 amide bonds. The van der Waals surface area contributed by atoms with Gasteiger partial charge in [-0.3, -0.25) is 9.69 Å². The second-order valence-corrected chi connectivity index (χ2v) is 7.80. The number of amides is 2. The molecule has 0 bridgehead atoms. The topological polar surface area (TPSA) is 95.3 Å². The largest absolute Gasteiger partial charge is 0.444 e. The molecule has 1 unspecified atom stereocenters. The Morgan fingerprint density at radius 3 is 2.50 bits per heavy atom. The lowest BCUT2D eigenvalue weighted by Gasteiger charge is -2.28. The lowest BCUT2D eigenvalue weighted by molar-refractivity contribution is -0.141. The molecule has 1 fully saturated rings. The molecule has 1 saturated heterocycles. The number of anilines is 1. The second kappa shape index (κ2) is 8.04. The SMILES string of the molecule is CC(C)(C)OC(=O)N1C[C@@](F)(CF)CC1C(=O)Nc1nc(C(F)(F)F)ccc1C#N. The molecule has 0 aromatic carbocycles. The molecule has 1 aromatic rings. The van der Waals surface area contributed by atoms with Crippen molar-refractivity contribution < 1.29 is 36.3 Å². The van der Waals surface area contributed by atoms with Crippen molar-refractivity contribution in [3.63, 3.8) is 0 Å². The molecule has 164 valence electrons. The number of alkyl halides is 5. The molecular weight excluding hydrogens is 415 g/mol. The van der Waals surface area contributed by atoms with Crippen LogP contribution in [0.5, 0.6) is 0 Å². The number of aromatic nitrogens is 1. The zero-order valence-corrected chi connectivity index (χ0v) is 16.3. The lowest BCUT2D eigenvalue weighted by atomic mass is 10.0. The quantitative estimate of drug-likeness (QED) is 0.734. The third-order valence-electron chi connectivity index (χ3n) is 4.11. The number of pyridine rings is 1. The maximum atomic E-state index is 14.6. The predicted octanol–water partition coefficient (Wildman–Crippen LogP) is 3.60. The third-order valence-corrected chi connectivity index (χ3v) is 4.11. The number of rotatable bonds is 3. The summed E-state index contributed by atoms with van der Waals surface area (Å²) in [6.07, 6.45) is -6.67. The highest BCUT2D eigenvalue weighted by atomic mass is 19.4. The summed E-state index contributed by atoms with van der Waals surface area (Å²) in [5.74, 6) is -1.84. The van der Waals surface area contributed by atoms with Crippen LogP contribution in [0.25, 0.3) is 0 Å². The predicted molar refractivity (Wildman–Crippen MR) is 93.7 cm³/mol. The van der Waals surface area contributed by atoms with Gasteiger partial charge in [0.1, 0.15) is 30.1 Å². The number of hydrogen-bond donors (Lipinski definition) is 1. The Hall–Kier alpha value is -2.97. The van der Waals surface area contributed by atoms with Crippen molar-refractivity contribution in [3.8, 4) is 6.07 Å². The van der Waals surface area contributed by atoms with E-state index < -0.39 is 66.6 Å². The van der Waals surface area contributed by atoms with Crippen molar-refractivity contribution in [2.24, 2.45) is 0 Å². The fourth-order valence-corrected chi connectivity index (χ4v) is 2.78. The maximum Gasteiger partial charge on any atom is 0.433 e. The summed E-state index contributed by atoms with van der Waals surface area (Å²) in [4.78, 5) is 28.9. The van der Waals surface area contributed by atoms with Crippen LogP contribution >= 0.6 is 0 Å². The molecule has 2 atom stereocenters. The first kappa shape index (κ1) is 23.3. The van der Waals surface area contributed by atoms with Crippen LogP contribution < -0.4 is 5.32 Å². The minimum absolute atomic E-state index is 0.379. The van der Waals surface area contributed by atoms with E-state index in [-0.39, 0.29) is 5.56 Å². The molecule has 0 spiro atoms. The number of carbonyl (C=O) groups is 2. The molecule has 0 saturated carbocycles. The first-order valence-electron chi connectivity index (χ1n) is 8.73. The number of hydrogen-bond acceptors (Lipinski definition) is 5. The van der Waals surface area contributed by atoms with Gasteiger partial charge >= 0.3 is 12.3 Å². The van der Waals surface area contributed by atoms with Crippen molar-refractivity contribution in [2.45, 2.75) is 50.7 Å². The van der Waals surface area contributed by atoms with Crippen LogP contribution in [-0.2, 0) is 15.7 Å². The molecule has 0 aliphatic carbocycles. The summed E-state index contributed by atoms with van der Waals surface area (Å²) in [5.41, 5.74) is -5.27. The Morgan fingerprint density at radius 1 is 1.37 bits per heavy atom. The summed E-state index contributed by atoms with van der Waals surface area (Å²) in [7, 11) is 0. The minimum Gasteiger partial charge on any atom is -0.444 e. The molecule has 1 aliphatic heterocycles. The first-order chi connectivity index (χ1) is 13.7. The lowest BCUT2D eigenvalue weighted by Crippen LogP contribution is -2.45. The summed E-state index contributed by atoms with van der Waals surface area (Å²) < 4.78 is 71.5. The molecule has 7 nitrogen and oxygen atoms in total. The van der Waals surface area contributed by atoms with Gasteiger partial charge in [-0.05, 0) is 32.9 Å². The van der Waals surface area contributed by atoms with Gasteiger partial charge in [0, 0.05) is 6.42 Å². The molecule has 1 N–H and O–H groups in total. The van der Waals surface area contributed by atoms with Crippen LogP contribution in [0, 0.1) is 11.3 Å². The second-order valence-electron chi connectivity index (χ2n) is 7.80. The zero-order chi connectivity index (χ0) is 22.9. The zero-order valence-electron chi connectivity index (χ0n) is 16.3. The third kappa shape index (κ3) is 5.34. The van der Waals surface area contributed by atoms with E-state index in [9.17, 15) is 31.5 Å². The Bertz CT molecular complexity index is 878. The van der Waals surface area contributed by atoms with Crippen LogP contribution in [0.4, 0.5) is 32.6 Å². The van der Waals surface area contributed by atoms with Crippen molar-refractivity contribution in [3.05, 3.63) is 23.4 Å². The van der Waals surface area contributed by atoms with Gasteiger partial charge in [-0.15, -0.1) is 0 Å². The average molecular weight is 434 g/mol. The van der Waals surface area contributed by atoms with E-state index >= 15 is 0 Å². The highest BCUT2D eigenvalue weighted by Crippen LogP contribution is 2.34. The van der Waals surface area contributed by atoms with E-state index in [4.69, 9.17) is 10.00 Å². The molecule has 2 heterocycles. The molecule has 1 aromatic heterocycles. The maximum absolute atomic E-state index is 14.6. The molecule has 0 radical (unpaired) electrons. The number of nitrogens with one attached hydrogen (secondary N) is 1. The van der Waals surface area contributed by atoms with E-state index in [2.05, 4.69) is 4.98 Å². The number of nitriles is 1. The summed E-state index contributed by atoms with van der Waals surface area (Å²) in [6.45, 7) is 2.32. The Kier molecular flexibility index (Phi) is 6.25. The van der Waals surface area contributed by atoms with Crippen LogP contribution in [0.3, 0.4) is 0 Å². The molecule has 2 rings (SSSR count). The Morgan fingerprint density at radius 2 is 2.00 bits per heavy atom. The fraction of sp³-hybridized carbons (Fsp3) is 0.556. The van der Waals surface area contributed by atoms with Gasteiger partial charge in [-0.1, -0.05) is 0 Å². The fourth-order valence-electron chi connectivity index (χ4n) is 2.78. The highest BCUT2D eigenvalue weighted by molar-refractivity contribution is 5.97. The van der Waals surface area contributed by atoms with Crippen LogP contribution in [0.15, 0.2) is 12.1 Å². The van der Waals surface area contributed by atoms with E-state index in [1.807, 2.05) is 5.32 Å². The Balaban J connectivity index is 2.33. The Labute approximate surface area is 168 Å². The summed E-state index contributed by atoms with van der Waals surface area (Å²) in [5, 5.41) is 11.1. The van der Waals surface area contributed by atoms with Gasteiger partial charge in [-0.2, -0.15) is 18.4 Å². The van der Waals surface area contributed by atoms with E-state index in [0.29, 0.717) is 11.0 Å². The standard InChI is InChI=1S/C18H19F5N4O3/c1-16(2,3)30-15(29)27-9-17(20,8-19)6-11(27)14(28)26-13-10(7-24)4-5-12(25-13)18(21,22)23/h4-5,11H,6,8-9H2,1-3H3,(H,25,26,28)/t11?,17-/m0/s1. The van der Waals surface area contributed by atoms with Gasteiger partial charge in [0.2, 0.25) is 5.91 Å². The van der Waals surface area contributed by atoms with Crippen LogP contribution in [-0.4, -0.2) is 52.4 Å². The van der Waals surface area contributed by atoms with E-state index in [1.165, 1.54) is 20.8 Å². The summed E-state index contributed by atoms with van der Waals surface area (Å²) in [6, 6.07) is 1.37. The van der Waals surface area contributed by atoms with Crippen molar-refractivity contribution in [1.82, 2.24) is 9.88 Å². The van der Waals surface area contributed by atoms with Gasteiger partial charge in [-0.25, -0.2) is 18.6 Å². The normalized spacial score (nSPS) is 21.8. The van der Waals surface area contributed by atoms with Crippen LogP contribution in [0.2, 0.25) is 0 Å². The number of likely N-dealkylation sites (tertiary alicyclic amines) is 1.